The molecule has 1 unspecified atom stereocenters. The van der Waals surface area contributed by atoms with Crippen molar-refractivity contribution >= 4 is 12.0 Å². The van der Waals surface area contributed by atoms with Gasteiger partial charge in [-0.05, 0) is 44.0 Å². The van der Waals surface area contributed by atoms with Crippen LogP contribution in [0, 0.1) is 5.92 Å². The molecule has 1 aromatic rings. The molecule has 0 radical (unpaired) electrons. The second kappa shape index (κ2) is 6.43. The fourth-order valence-electron chi connectivity index (χ4n) is 2.73. The Morgan fingerprint density at radius 1 is 1.38 bits per heavy atom. The summed E-state index contributed by atoms with van der Waals surface area (Å²) in [6, 6.07) is 5.86. The third-order valence-corrected chi connectivity index (χ3v) is 4.06. The first-order valence-corrected chi connectivity index (χ1v) is 7.37. The van der Waals surface area contributed by atoms with Gasteiger partial charge in [0.15, 0.2) is 0 Å². The van der Waals surface area contributed by atoms with Gasteiger partial charge in [0.1, 0.15) is 18.3 Å². The molecule has 1 saturated heterocycles. The molecular formula is C15H22N4O2. The van der Waals surface area contributed by atoms with Gasteiger partial charge in [0.2, 0.25) is 0 Å². The normalized spacial score (nSPS) is 22.2. The summed E-state index contributed by atoms with van der Waals surface area (Å²) in [5, 5.41) is 4.89. The van der Waals surface area contributed by atoms with Gasteiger partial charge in [0, 0.05) is 11.6 Å². The van der Waals surface area contributed by atoms with Crippen molar-refractivity contribution in [2.75, 3.05) is 26.8 Å². The highest BCUT2D eigenvalue weighted by molar-refractivity contribution is 5.68. The smallest absolute Gasteiger partial charge is 0.132 e. The van der Waals surface area contributed by atoms with Crippen LogP contribution in [-0.4, -0.2) is 38.2 Å². The van der Waals surface area contributed by atoms with Crippen LogP contribution in [0.3, 0.4) is 0 Å². The second-order valence-electron chi connectivity index (χ2n) is 5.46. The fraction of sp³-hybridized carbons (Fsp3) is 0.533. The van der Waals surface area contributed by atoms with Crippen LogP contribution in [0.25, 0.3) is 0 Å². The number of hydroxylamine groups is 2. The fourth-order valence-corrected chi connectivity index (χ4v) is 2.73. The van der Waals surface area contributed by atoms with E-state index in [1.807, 2.05) is 18.2 Å². The van der Waals surface area contributed by atoms with Gasteiger partial charge < -0.3 is 15.8 Å². The van der Waals surface area contributed by atoms with E-state index in [9.17, 15) is 0 Å². The SMILES string of the molecule is CON1C=Nc2cc(OCC3CCNCC3)ccc2C1N. The van der Waals surface area contributed by atoms with E-state index >= 15 is 0 Å². The Bertz CT molecular complexity index is 514. The Balaban J connectivity index is 1.66. The van der Waals surface area contributed by atoms with E-state index in [0.717, 1.165) is 36.7 Å². The number of aliphatic imine (C=N–C) groups is 1. The number of nitrogens with zero attached hydrogens (tertiary/aromatic N) is 2. The summed E-state index contributed by atoms with van der Waals surface area (Å²) in [6.45, 7) is 2.94. The van der Waals surface area contributed by atoms with Crippen molar-refractivity contribution in [1.29, 1.82) is 0 Å². The van der Waals surface area contributed by atoms with Gasteiger partial charge in [0.25, 0.3) is 0 Å². The van der Waals surface area contributed by atoms with E-state index in [-0.39, 0.29) is 6.17 Å². The third-order valence-electron chi connectivity index (χ3n) is 4.06. The number of fused-ring (bicyclic) bond motifs is 1. The number of rotatable bonds is 4. The molecule has 0 bridgehead atoms. The Kier molecular flexibility index (Phi) is 4.38. The molecule has 0 spiro atoms. The standard InChI is InChI=1S/C15H22N4O2/c1-20-19-10-18-14-8-12(2-3-13(14)15(19)16)21-9-11-4-6-17-7-5-11/h2-3,8,10-11,15,17H,4-7,9,16H2,1H3. The third kappa shape index (κ3) is 3.18. The summed E-state index contributed by atoms with van der Waals surface area (Å²) < 4.78 is 5.91. The Hall–Kier alpha value is -1.63. The number of ether oxygens (including phenoxy) is 1. The first-order chi connectivity index (χ1) is 10.3. The van der Waals surface area contributed by atoms with Crippen LogP contribution < -0.4 is 15.8 Å². The molecule has 3 N–H and O–H groups in total. The maximum Gasteiger partial charge on any atom is 0.132 e. The largest absolute Gasteiger partial charge is 0.493 e. The van der Waals surface area contributed by atoms with E-state index in [4.69, 9.17) is 15.3 Å². The molecule has 0 saturated carbocycles. The Labute approximate surface area is 124 Å². The number of nitrogens with two attached hydrogens (primary N) is 1. The molecule has 3 rings (SSSR count). The van der Waals surface area contributed by atoms with E-state index in [2.05, 4.69) is 10.3 Å². The quantitative estimate of drug-likeness (QED) is 0.880. The van der Waals surface area contributed by atoms with Gasteiger partial charge in [-0.15, -0.1) is 0 Å². The molecule has 0 aromatic heterocycles. The highest BCUT2D eigenvalue weighted by atomic mass is 16.7. The van der Waals surface area contributed by atoms with Crippen LogP contribution in [0.4, 0.5) is 5.69 Å². The number of hydrogen-bond acceptors (Lipinski definition) is 6. The summed E-state index contributed by atoms with van der Waals surface area (Å²) in [6.07, 6.45) is 3.62. The van der Waals surface area contributed by atoms with Crippen LogP contribution in [0.5, 0.6) is 5.75 Å². The van der Waals surface area contributed by atoms with E-state index < -0.39 is 0 Å². The summed E-state index contributed by atoms with van der Waals surface area (Å²) >= 11 is 0. The zero-order chi connectivity index (χ0) is 14.7. The highest BCUT2D eigenvalue weighted by Crippen LogP contribution is 2.33. The molecule has 2 aliphatic heterocycles. The summed E-state index contributed by atoms with van der Waals surface area (Å²) in [4.78, 5) is 9.50. The number of nitrogens with one attached hydrogen (secondary N) is 1. The first-order valence-electron chi connectivity index (χ1n) is 7.37. The maximum atomic E-state index is 6.10. The Morgan fingerprint density at radius 2 is 2.19 bits per heavy atom. The van der Waals surface area contributed by atoms with Crippen LogP contribution in [0.15, 0.2) is 23.2 Å². The van der Waals surface area contributed by atoms with E-state index in [0.29, 0.717) is 5.92 Å². The second-order valence-corrected chi connectivity index (χ2v) is 5.46. The van der Waals surface area contributed by atoms with E-state index in [1.54, 1.807) is 13.4 Å². The van der Waals surface area contributed by atoms with E-state index in [1.165, 1.54) is 17.9 Å². The molecule has 1 atom stereocenters. The summed E-state index contributed by atoms with van der Waals surface area (Å²) in [5.74, 6) is 1.49. The van der Waals surface area contributed by atoms with Gasteiger partial charge in [-0.1, -0.05) is 0 Å². The van der Waals surface area contributed by atoms with Crippen molar-refractivity contribution in [3.63, 3.8) is 0 Å². The number of hydrogen-bond donors (Lipinski definition) is 2. The first kappa shape index (κ1) is 14.3. The number of benzene rings is 1. The van der Waals surface area contributed by atoms with Gasteiger partial charge in [-0.3, -0.25) is 4.84 Å². The summed E-state index contributed by atoms with van der Waals surface area (Å²) in [5.41, 5.74) is 7.89. The topological polar surface area (TPSA) is 72.1 Å². The van der Waals surface area contributed by atoms with Crippen LogP contribution in [0.2, 0.25) is 0 Å². The zero-order valence-electron chi connectivity index (χ0n) is 12.3. The van der Waals surface area contributed by atoms with Crippen molar-refractivity contribution in [2.24, 2.45) is 16.6 Å². The molecule has 0 aliphatic carbocycles. The molecule has 2 heterocycles. The lowest BCUT2D eigenvalue weighted by atomic mass is 9.99. The minimum Gasteiger partial charge on any atom is -0.493 e. The predicted octanol–water partition coefficient (Wildman–Crippen LogP) is 1.56. The highest BCUT2D eigenvalue weighted by Gasteiger charge is 2.21. The van der Waals surface area contributed by atoms with Gasteiger partial charge in [-0.25, -0.2) is 10.1 Å². The molecule has 2 aliphatic rings. The van der Waals surface area contributed by atoms with Gasteiger partial charge in [0.05, 0.1) is 19.4 Å². The van der Waals surface area contributed by atoms with Crippen LogP contribution in [0.1, 0.15) is 24.6 Å². The minimum atomic E-state index is -0.332. The Morgan fingerprint density at radius 3 is 2.95 bits per heavy atom. The van der Waals surface area contributed by atoms with Crippen LogP contribution in [-0.2, 0) is 4.84 Å². The molecule has 6 nitrogen and oxygen atoms in total. The molecule has 6 heteroatoms. The van der Waals surface area contributed by atoms with Crippen molar-refractivity contribution in [3.05, 3.63) is 23.8 Å². The molecule has 0 amide bonds. The summed E-state index contributed by atoms with van der Waals surface area (Å²) in [7, 11) is 1.58. The van der Waals surface area contributed by atoms with Crippen molar-refractivity contribution in [3.8, 4) is 5.75 Å². The average molecular weight is 290 g/mol. The lowest BCUT2D eigenvalue weighted by Gasteiger charge is -2.28. The lowest BCUT2D eigenvalue weighted by molar-refractivity contribution is -0.0932. The number of piperidine rings is 1. The molecule has 1 aromatic carbocycles. The van der Waals surface area contributed by atoms with Gasteiger partial charge >= 0.3 is 0 Å². The average Bonchev–Trinajstić information content (AvgIpc) is 2.54. The molecular weight excluding hydrogens is 268 g/mol. The predicted molar refractivity (Wildman–Crippen MR) is 81.5 cm³/mol. The zero-order valence-corrected chi connectivity index (χ0v) is 12.3. The van der Waals surface area contributed by atoms with Crippen molar-refractivity contribution in [1.82, 2.24) is 10.4 Å². The maximum absolute atomic E-state index is 6.10. The molecule has 21 heavy (non-hydrogen) atoms. The molecule has 1 fully saturated rings. The molecule has 114 valence electrons. The van der Waals surface area contributed by atoms with Crippen molar-refractivity contribution < 1.29 is 9.57 Å². The monoisotopic (exact) mass is 290 g/mol. The lowest BCUT2D eigenvalue weighted by Crippen LogP contribution is -2.34. The van der Waals surface area contributed by atoms with Crippen LogP contribution >= 0.6 is 0 Å². The van der Waals surface area contributed by atoms with Crippen molar-refractivity contribution in [2.45, 2.75) is 19.0 Å². The van der Waals surface area contributed by atoms with Gasteiger partial charge in [-0.2, -0.15) is 0 Å². The minimum absolute atomic E-state index is 0.332.